The molecular weight excluding hydrogens is 371 g/mol. The van der Waals surface area contributed by atoms with Crippen molar-refractivity contribution in [2.24, 2.45) is 0 Å². The summed E-state index contributed by atoms with van der Waals surface area (Å²) in [5, 5.41) is 0. The second-order valence-corrected chi connectivity index (χ2v) is 9.66. The Bertz CT molecular complexity index is 1080. The molecule has 28 heavy (non-hydrogen) atoms. The molecule has 1 heterocycles. The number of aryl methyl sites for hydroxylation is 3. The number of ether oxygens (including phenoxy) is 1. The Morgan fingerprint density at radius 3 is 2.39 bits per heavy atom. The molecule has 0 saturated carbocycles. The van der Waals surface area contributed by atoms with E-state index in [1.54, 1.807) is 0 Å². The van der Waals surface area contributed by atoms with Gasteiger partial charge >= 0.3 is 5.71 Å². The highest BCUT2D eigenvalue weighted by Gasteiger charge is 2.35. The standard InChI is InChI=1S/C23H20O4P/c24-21-3-1-2-14-11-19-16(12-20(14)21)5-4-15-10-17(6-7-18(15)19)22(25)13-27-23(26)28-8-9-28/h6-8,10-12H,1-5,9,13H2/q+1. The summed E-state index contributed by atoms with van der Waals surface area (Å²) in [4.78, 5) is 36.3. The van der Waals surface area contributed by atoms with Crippen molar-refractivity contribution >= 4 is 30.6 Å². The van der Waals surface area contributed by atoms with Crippen LogP contribution in [-0.4, -0.2) is 35.8 Å². The molecule has 4 nitrogen and oxygen atoms in total. The Balaban J connectivity index is 1.42. The number of hydrogen-bond acceptors (Lipinski definition) is 4. The van der Waals surface area contributed by atoms with Crippen molar-refractivity contribution in [1.29, 1.82) is 0 Å². The normalized spacial score (nSPS) is 17.7. The summed E-state index contributed by atoms with van der Waals surface area (Å²) in [6.07, 6.45) is 5.05. The molecule has 1 atom stereocenters. The van der Waals surface area contributed by atoms with Gasteiger partial charge in [0.05, 0.1) is 0 Å². The number of carbonyl (C=O) groups is 3. The fraction of sp³-hybridized carbons (Fsp3) is 0.304. The molecule has 2 aliphatic carbocycles. The Morgan fingerprint density at radius 1 is 0.893 bits per heavy atom. The van der Waals surface area contributed by atoms with Gasteiger partial charge in [0.1, 0.15) is 5.80 Å². The maximum Gasteiger partial charge on any atom is 0.511 e. The molecule has 0 amide bonds. The minimum Gasteiger partial charge on any atom is -0.422 e. The fourth-order valence-electron chi connectivity index (χ4n) is 4.18. The van der Waals surface area contributed by atoms with Crippen LogP contribution in [0.5, 0.6) is 0 Å². The number of benzene rings is 2. The minimum atomic E-state index is -0.718. The van der Waals surface area contributed by atoms with Crippen molar-refractivity contribution < 1.29 is 19.1 Å². The molecule has 1 aliphatic heterocycles. The van der Waals surface area contributed by atoms with E-state index in [0.717, 1.165) is 54.1 Å². The number of fused-ring (bicyclic) bond motifs is 4. The lowest BCUT2D eigenvalue weighted by Gasteiger charge is -2.24. The summed E-state index contributed by atoms with van der Waals surface area (Å²) in [5.74, 6) is 2.04. The zero-order valence-corrected chi connectivity index (χ0v) is 16.4. The predicted octanol–water partition coefficient (Wildman–Crippen LogP) is 4.59. The van der Waals surface area contributed by atoms with Crippen LogP contribution in [-0.2, 0) is 24.0 Å². The number of rotatable bonds is 4. The fourth-order valence-corrected chi connectivity index (χ4v) is 5.03. The van der Waals surface area contributed by atoms with Crippen molar-refractivity contribution in [3.63, 3.8) is 0 Å². The first-order valence-corrected chi connectivity index (χ1v) is 11.3. The molecule has 5 heteroatoms. The van der Waals surface area contributed by atoms with Crippen molar-refractivity contribution in [2.75, 3.05) is 12.8 Å². The lowest BCUT2D eigenvalue weighted by Crippen LogP contribution is -2.15. The van der Waals surface area contributed by atoms with Crippen LogP contribution in [0, 0.1) is 0 Å². The average Bonchev–Trinajstić information content (AvgIpc) is 3.56. The predicted molar refractivity (Wildman–Crippen MR) is 110 cm³/mol. The number of ketones is 2. The second-order valence-electron chi connectivity index (χ2n) is 7.63. The molecule has 2 aromatic rings. The van der Waals surface area contributed by atoms with Crippen LogP contribution in [0.3, 0.4) is 0 Å². The lowest BCUT2D eigenvalue weighted by molar-refractivity contribution is 0.0876. The Morgan fingerprint density at radius 2 is 1.61 bits per heavy atom. The zero-order chi connectivity index (χ0) is 19.3. The third-order valence-corrected chi connectivity index (χ3v) is 7.12. The van der Waals surface area contributed by atoms with Gasteiger partial charge in [0.25, 0.3) is 0 Å². The quantitative estimate of drug-likeness (QED) is 0.565. The monoisotopic (exact) mass is 391 g/mol. The highest BCUT2D eigenvalue weighted by Crippen LogP contribution is 2.38. The third kappa shape index (κ3) is 3.12. The van der Waals surface area contributed by atoms with E-state index in [1.165, 1.54) is 11.1 Å². The molecule has 0 fully saturated rings. The van der Waals surface area contributed by atoms with E-state index >= 15 is 0 Å². The molecule has 5 rings (SSSR count). The number of hydrogen-bond donors (Lipinski definition) is 0. The molecule has 1 unspecified atom stereocenters. The average molecular weight is 391 g/mol. The lowest BCUT2D eigenvalue weighted by atomic mass is 9.79. The summed E-state index contributed by atoms with van der Waals surface area (Å²) in [6, 6.07) is 10.0. The van der Waals surface area contributed by atoms with Gasteiger partial charge in [-0.1, -0.05) is 18.2 Å². The van der Waals surface area contributed by atoms with Gasteiger partial charge in [-0.2, -0.15) is 4.79 Å². The van der Waals surface area contributed by atoms with Gasteiger partial charge in [-0.3, -0.25) is 9.59 Å². The van der Waals surface area contributed by atoms with Crippen molar-refractivity contribution in [3.05, 3.63) is 58.1 Å². The first-order chi connectivity index (χ1) is 13.6. The van der Waals surface area contributed by atoms with Crippen LogP contribution in [0.2, 0.25) is 0 Å². The zero-order valence-electron chi connectivity index (χ0n) is 15.5. The van der Waals surface area contributed by atoms with E-state index < -0.39 is 7.55 Å². The molecule has 0 saturated heterocycles. The van der Waals surface area contributed by atoms with E-state index in [-0.39, 0.29) is 23.9 Å². The van der Waals surface area contributed by atoms with Gasteiger partial charge in [0.15, 0.2) is 18.6 Å². The molecule has 0 bridgehead atoms. The molecule has 140 valence electrons. The first kappa shape index (κ1) is 17.5. The van der Waals surface area contributed by atoms with E-state index in [4.69, 9.17) is 4.74 Å². The minimum absolute atomic E-state index is 0.158. The van der Waals surface area contributed by atoms with E-state index in [2.05, 4.69) is 12.1 Å². The van der Waals surface area contributed by atoms with Gasteiger partial charge in [-0.15, -0.1) is 0 Å². The molecular formula is C23H20O4P+. The maximum absolute atomic E-state index is 12.4. The summed E-state index contributed by atoms with van der Waals surface area (Å²) in [7, 11) is -0.718. The van der Waals surface area contributed by atoms with Crippen LogP contribution in [0.4, 0.5) is 4.79 Å². The molecule has 0 aromatic heterocycles. The van der Waals surface area contributed by atoms with Gasteiger partial charge in [0, 0.05) is 17.5 Å². The van der Waals surface area contributed by atoms with Crippen molar-refractivity contribution in [3.8, 4) is 11.1 Å². The highest BCUT2D eigenvalue weighted by molar-refractivity contribution is 7.82. The number of carbonyl (C=O) groups excluding carboxylic acids is 3. The molecule has 2 aromatic carbocycles. The van der Waals surface area contributed by atoms with Gasteiger partial charge < -0.3 is 4.74 Å². The third-order valence-electron chi connectivity index (χ3n) is 5.79. The van der Waals surface area contributed by atoms with E-state index in [9.17, 15) is 14.4 Å². The summed E-state index contributed by atoms with van der Waals surface area (Å²) in [5.41, 5.74) is 7.10. The van der Waals surface area contributed by atoms with Crippen LogP contribution < -0.4 is 0 Å². The highest BCUT2D eigenvalue weighted by atomic mass is 31.1. The Labute approximate surface area is 164 Å². The number of Topliss-reactive ketones (excluding diaryl/α,β-unsaturated/α-hetero) is 2. The largest absolute Gasteiger partial charge is 0.511 e. The van der Waals surface area contributed by atoms with Gasteiger partial charge in [-0.05, 0) is 65.6 Å². The van der Waals surface area contributed by atoms with Gasteiger partial charge in [-0.25, -0.2) is 0 Å². The van der Waals surface area contributed by atoms with E-state index in [1.807, 2.05) is 24.0 Å². The van der Waals surface area contributed by atoms with Crippen LogP contribution in [0.1, 0.15) is 50.2 Å². The summed E-state index contributed by atoms with van der Waals surface area (Å²) >= 11 is 0. The van der Waals surface area contributed by atoms with Crippen molar-refractivity contribution in [1.82, 2.24) is 0 Å². The van der Waals surface area contributed by atoms with E-state index in [0.29, 0.717) is 12.0 Å². The molecule has 0 radical (unpaired) electrons. The molecule has 3 aliphatic rings. The maximum atomic E-state index is 12.4. The summed E-state index contributed by atoms with van der Waals surface area (Å²) in [6.45, 7) is -0.184. The van der Waals surface area contributed by atoms with Crippen LogP contribution in [0.25, 0.3) is 11.1 Å². The Kier molecular flexibility index (Phi) is 4.25. The topological polar surface area (TPSA) is 60.4 Å². The van der Waals surface area contributed by atoms with Crippen LogP contribution >= 0.6 is 7.55 Å². The second kappa shape index (κ2) is 6.79. The smallest absolute Gasteiger partial charge is 0.422 e. The first-order valence-electron chi connectivity index (χ1n) is 9.72. The van der Waals surface area contributed by atoms with Crippen LogP contribution in [0.15, 0.2) is 30.3 Å². The molecule has 0 spiro atoms. The van der Waals surface area contributed by atoms with Crippen molar-refractivity contribution in [2.45, 2.75) is 32.1 Å². The summed E-state index contributed by atoms with van der Waals surface area (Å²) < 4.78 is 5.13. The van der Waals surface area contributed by atoms with Gasteiger partial charge in [0.2, 0.25) is 13.3 Å². The SMILES string of the molecule is O=C(COC(=O)[P+]1=CC1)c1ccc2c(c1)CCc1cc3c(cc1-2)CCCC3=O. The Hall–Kier alpha value is -2.58. The molecule has 0 N–H and O–H groups in total.